The van der Waals surface area contributed by atoms with Gasteiger partial charge in [-0.2, -0.15) is 0 Å². The molecule has 0 spiro atoms. The van der Waals surface area contributed by atoms with Gasteiger partial charge in [-0.1, -0.05) is 194 Å². The van der Waals surface area contributed by atoms with Crippen molar-refractivity contribution in [2.45, 2.75) is 0 Å². The first-order valence-electron chi connectivity index (χ1n) is 21.6. The summed E-state index contributed by atoms with van der Waals surface area (Å²) in [5, 5.41) is 10.9. The minimum absolute atomic E-state index is 0.872. The summed E-state index contributed by atoms with van der Waals surface area (Å²) in [6.07, 6.45) is 0. The Morgan fingerprint density at radius 2 is 0.778 bits per heavy atom. The average Bonchev–Trinajstić information content (AvgIpc) is 3.75. The number of hydrogen-bond acceptors (Lipinski definition) is 2. The van der Waals surface area contributed by atoms with Crippen molar-refractivity contribution in [1.29, 1.82) is 0 Å². The van der Waals surface area contributed by atoms with Crippen LogP contribution in [-0.4, -0.2) is 14.4 Å². The van der Waals surface area contributed by atoms with E-state index in [1.54, 1.807) is 0 Å². The van der Waals surface area contributed by atoms with Crippen LogP contribution in [0.3, 0.4) is 0 Å². The van der Waals surface area contributed by atoms with Crippen LogP contribution in [0.4, 0.5) is 0 Å². The average molecular weight is 800 g/mol. The van der Waals surface area contributed by atoms with E-state index in [0.717, 1.165) is 50.1 Å². The summed E-state index contributed by atoms with van der Waals surface area (Å²) in [7, 11) is 0. The van der Waals surface area contributed by atoms with Crippen molar-refractivity contribution in [1.82, 2.24) is 14.4 Å². The number of hydrogen-bond donors (Lipinski definition) is 0. The van der Waals surface area contributed by atoms with Crippen LogP contribution >= 0.6 is 0 Å². The van der Waals surface area contributed by atoms with Gasteiger partial charge in [-0.05, 0) is 118 Å². The Labute approximate surface area is 363 Å². The first-order chi connectivity index (χ1) is 31.2. The van der Waals surface area contributed by atoms with E-state index in [2.05, 4.69) is 229 Å². The maximum Gasteiger partial charge on any atom is 0.149 e. The molecule has 0 amide bonds. The van der Waals surface area contributed by atoms with Crippen LogP contribution in [0.25, 0.3) is 127 Å². The predicted molar refractivity (Wildman–Crippen MR) is 265 cm³/mol. The Morgan fingerprint density at radius 3 is 1.48 bits per heavy atom. The molecular weight excluding hydrogens is 763 g/mol. The van der Waals surface area contributed by atoms with Crippen molar-refractivity contribution in [3.8, 4) is 55.9 Å². The highest BCUT2D eigenvalue weighted by atomic mass is 15.1. The second kappa shape index (κ2) is 14.1. The molecule has 11 aromatic carbocycles. The van der Waals surface area contributed by atoms with E-state index in [9.17, 15) is 0 Å². The molecular formula is C60H37N3. The third-order valence-electron chi connectivity index (χ3n) is 13.0. The van der Waals surface area contributed by atoms with Gasteiger partial charge in [0, 0.05) is 10.9 Å². The van der Waals surface area contributed by atoms with Crippen LogP contribution in [-0.2, 0) is 0 Å². The molecule has 0 fully saturated rings. The lowest BCUT2D eigenvalue weighted by molar-refractivity contribution is 1.16. The quantitative estimate of drug-likeness (QED) is 0.162. The molecule has 13 rings (SSSR count). The topological polar surface area (TPSA) is 30.2 Å². The molecule has 0 saturated carbocycles. The van der Waals surface area contributed by atoms with E-state index in [1.807, 2.05) is 0 Å². The van der Waals surface area contributed by atoms with Crippen LogP contribution < -0.4 is 0 Å². The summed E-state index contributed by atoms with van der Waals surface area (Å²) in [6, 6.07) is 81.2. The van der Waals surface area contributed by atoms with Crippen molar-refractivity contribution < 1.29 is 0 Å². The van der Waals surface area contributed by atoms with Crippen LogP contribution in [0.2, 0.25) is 0 Å². The summed E-state index contributed by atoms with van der Waals surface area (Å²) < 4.78 is 2.24. The molecule has 0 N–H and O–H groups in total. The Balaban J connectivity index is 1.06. The van der Waals surface area contributed by atoms with E-state index < -0.39 is 0 Å². The third-order valence-corrected chi connectivity index (χ3v) is 13.0. The molecule has 0 aliphatic carbocycles. The fraction of sp³-hybridized carbons (Fsp3) is 0. The maximum absolute atomic E-state index is 5.39. The zero-order chi connectivity index (χ0) is 41.4. The van der Waals surface area contributed by atoms with Crippen molar-refractivity contribution in [2.24, 2.45) is 0 Å². The fourth-order valence-electron chi connectivity index (χ4n) is 10.0. The lowest BCUT2D eigenvalue weighted by atomic mass is 9.83. The first kappa shape index (κ1) is 35.4. The number of para-hydroxylation sites is 2. The van der Waals surface area contributed by atoms with Crippen molar-refractivity contribution in [3.63, 3.8) is 0 Å². The SMILES string of the molecule is c1ccc(-c2ccc(-c3nc4ccc(-c5ccc6c(-c7cccc8ccccc78)c7ccccc7c(-c7cccc8ccccc78)c6c5)cc4c4nc5ccccc5n34)cc2)cc1. The van der Waals surface area contributed by atoms with E-state index in [-0.39, 0.29) is 0 Å². The Kier molecular flexibility index (Phi) is 7.91. The van der Waals surface area contributed by atoms with Gasteiger partial charge in [0.1, 0.15) is 11.5 Å². The molecule has 0 radical (unpaired) electrons. The molecule has 0 atom stereocenters. The Morgan fingerprint density at radius 1 is 0.286 bits per heavy atom. The van der Waals surface area contributed by atoms with Crippen LogP contribution in [0, 0.1) is 0 Å². The van der Waals surface area contributed by atoms with Gasteiger partial charge in [0.2, 0.25) is 0 Å². The van der Waals surface area contributed by atoms with Crippen LogP contribution in [0.15, 0.2) is 224 Å². The third kappa shape index (κ3) is 5.60. The summed E-state index contributed by atoms with van der Waals surface area (Å²) in [6.45, 7) is 0. The minimum Gasteiger partial charge on any atom is -0.276 e. The summed E-state index contributed by atoms with van der Waals surface area (Å²) in [5.74, 6) is 0.872. The van der Waals surface area contributed by atoms with Gasteiger partial charge >= 0.3 is 0 Å². The van der Waals surface area contributed by atoms with Gasteiger partial charge < -0.3 is 0 Å². The number of rotatable bonds is 5. The number of aromatic nitrogens is 3. The van der Waals surface area contributed by atoms with Gasteiger partial charge in [0.05, 0.1) is 16.6 Å². The molecule has 0 bridgehead atoms. The van der Waals surface area contributed by atoms with E-state index >= 15 is 0 Å². The molecule has 2 heterocycles. The van der Waals surface area contributed by atoms with Crippen molar-refractivity contribution in [2.75, 3.05) is 0 Å². The molecule has 63 heavy (non-hydrogen) atoms. The molecule has 0 aliphatic heterocycles. The molecule has 3 nitrogen and oxygen atoms in total. The highest BCUT2D eigenvalue weighted by Gasteiger charge is 2.21. The number of imidazole rings is 1. The summed E-state index contributed by atoms with van der Waals surface area (Å²) in [4.78, 5) is 10.7. The predicted octanol–water partition coefficient (Wildman–Crippen LogP) is 16.0. The monoisotopic (exact) mass is 799 g/mol. The molecule has 3 heteroatoms. The highest BCUT2D eigenvalue weighted by molar-refractivity contribution is 6.25. The number of nitrogens with zero attached hydrogens (tertiary/aromatic N) is 3. The van der Waals surface area contributed by atoms with Gasteiger partial charge in [-0.3, -0.25) is 4.40 Å². The number of fused-ring (bicyclic) bond motifs is 9. The van der Waals surface area contributed by atoms with Crippen LogP contribution in [0.5, 0.6) is 0 Å². The van der Waals surface area contributed by atoms with E-state index in [1.165, 1.54) is 76.5 Å². The minimum atomic E-state index is 0.872. The summed E-state index contributed by atoms with van der Waals surface area (Å²) >= 11 is 0. The second-order valence-corrected chi connectivity index (χ2v) is 16.5. The zero-order valence-corrected chi connectivity index (χ0v) is 34.2. The lowest BCUT2D eigenvalue weighted by Gasteiger charge is -2.20. The highest BCUT2D eigenvalue weighted by Crippen LogP contribution is 2.48. The fourth-order valence-corrected chi connectivity index (χ4v) is 10.0. The molecule has 13 aromatic rings. The van der Waals surface area contributed by atoms with Crippen molar-refractivity contribution >= 4 is 70.7 Å². The molecule has 0 saturated heterocycles. The van der Waals surface area contributed by atoms with E-state index in [4.69, 9.17) is 9.97 Å². The van der Waals surface area contributed by atoms with Gasteiger partial charge in [-0.15, -0.1) is 0 Å². The number of benzene rings is 11. The van der Waals surface area contributed by atoms with Gasteiger partial charge in [0.25, 0.3) is 0 Å². The molecule has 2 aromatic heterocycles. The van der Waals surface area contributed by atoms with Crippen LogP contribution in [0.1, 0.15) is 0 Å². The largest absolute Gasteiger partial charge is 0.276 e. The van der Waals surface area contributed by atoms with Gasteiger partial charge in [-0.25, -0.2) is 9.97 Å². The molecule has 0 unspecified atom stereocenters. The first-order valence-corrected chi connectivity index (χ1v) is 21.6. The second-order valence-electron chi connectivity index (χ2n) is 16.5. The normalized spacial score (nSPS) is 11.8. The Bertz CT molecular complexity index is 3950. The standard InChI is InChI=1S/C60H37N3/c1-2-14-38(15-3-1)39-28-30-42(31-29-39)59-61-54-35-33-44(37-53(54)60-62-55-26-10-11-27-56(55)63(59)60)43-32-34-51-52(36-43)58(48-25-13-19-41-17-5-7-21-46(41)48)50-23-9-8-22-49(50)57(51)47-24-12-18-40-16-4-6-20-45(40)47/h1-37H. The smallest absolute Gasteiger partial charge is 0.149 e. The lowest BCUT2D eigenvalue weighted by Crippen LogP contribution is -1.98. The zero-order valence-electron chi connectivity index (χ0n) is 34.2. The summed E-state index contributed by atoms with van der Waals surface area (Å²) in [5.41, 5.74) is 14.4. The van der Waals surface area contributed by atoms with Crippen molar-refractivity contribution in [3.05, 3.63) is 224 Å². The van der Waals surface area contributed by atoms with Gasteiger partial charge in [0.15, 0.2) is 0 Å². The van der Waals surface area contributed by atoms with E-state index in [0.29, 0.717) is 0 Å². The molecule has 0 aliphatic rings. The Hall–Kier alpha value is -8.40. The molecule has 292 valence electrons. The maximum atomic E-state index is 5.39.